The van der Waals surface area contributed by atoms with Gasteiger partial charge in [-0.05, 0) is 29.8 Å². The second-order valence-electron chi connectivity index (χ2n) is 6.75. The normalized spacial score (nSPS) is 14.4. The predicted molar refractivity (Wildman–Crippen MR) is 111 cm³/mol. The Morgan fingerprint density at radius 3 is 2.24 bits per heavy atom. The van der Waals surface area contributed by atoms with E-state index in [1.165, 1.54) is 0 Å². The minimum Gasteiger partial charge on any atom is -0.431 e. The second kappa shape index (κ2) is 8.92. The highest BCUT2D eigenvalue weighted by molar-refractivity contribution is 6.30. The fourth-order valence-electron chi connectivity index (χ4n) is 3.19. The van der Waals surface area contributed by atoms with Crippen LogP contribution in [0.1, 0.15) is 12.8 Å². The number of piperidine rings is 1. The lowest BCUT2D eigenvalue weighted by Gasteiger charge is -2.31. The van der Waals surface area contributed by atoms with Gasteiger partial charge in [-0.3, -0.25) is 0 Å². The molecule has 0 N–H and O–H groups in total. The fraction of sp³-hybridized carbons (Fsp3) is 0.227. The predicted octanol–water partition coefficient (Wildman–Crippen LogP) is 4.98. The molecule has 0 unspecified atom stereocenters. The molecule has 1 aliphatic rings. The maximum absolute atomic E-state index is 11.9. The fourth-order valence-corrected chi connectivity index (χ4v) is 3.32. The van der Waals surface area contributed by atoms with Gasteiger partial charge in [-0.2, -0.15) is 0 Å². The number of benzene rings is 2. The Hall–Kier alpha value is -3.12. The van der Waals surface area contributed by atoms with Crippen LogP contribution in [0.5, 0.6) is 5.75 Å². The van der Waals surface area contributed by atoms with Crippen molar-refractivity contribution in [1.29, 1.82) is 0 Å². The van der Waals surface area contributed by atoms with Gasteiger partial charge in [0, 0.05) is 48.9 Å². The Labute approximate surface area is 174 Å². The molecule has 0 radical (unpaired) electrons. The molecule has 2 heterocycles. The largest absolute Gasteiger partial charge is 0.514 e. The van der Waals surface area contributed by atoms with Crippen LogP contribution in [0.25, 0.3) is 11.1 Å². The van der Waals surface area contributed by atoms with Gasteiger partial charge in [-0.15, -0.1) is 0 Å². The quantitative estimate of drug-likeness (QED) is 0.447. The third-order valence-corrected chi connectivity index (χ3v) is 5.00. The molecule has 4 rings (SSSR count). The summed E-state index contributed by atoms with van der Waals surface area (Å²) in [5.74, 6) is 1.15. The van der Waals surface area contributed by atoms with E-state index in [4.69, 9.17) is 21.1 Å². The molecule has 0 amide bonds. The van der Waals surface area contributed by atoms with Crippen molar-refractivity contribution in [2.24, 2.45) is 0 Å². The lowest BCUT2D eigenvalue weighted by molar-refractivity contribution is 0.0475. The minimum atomic E-state index is -0.668. The molecule has 1 aromatic heterocycles. The van der Waals surface area contributed by atoms with Crippen LogP contribution < -0.4 is 9.64 Å². The van der Waals surface area contributed by atoms with Gasteiger partial charge in [0.1, 0.15) is 11.9 Å². The first-order valence-electron chi connectivity index (χ1n) is 9.44. The van der Waals surface area contributed by atoms with Crippen LogP contribution in [0.2, 0.25) is 5.02 Å². The first kappa shape index (κ1) is 19.2. The molecule has 7 heteroatoms. The molecule has 0 spiro atoms. The zero-order valence-electron chi connectivity index (χ0n) is 15.7. The Balaban J connectivity index is 1.29. The van der Waals surface area contributed by atoms with Crippen molar-refractivity contribution >= 4 is 23.7 Å². The van der Waals surface area contributed by atoms with Crippen molar-refractivity contribution in [3.63, 3.8) is 0 Å². The van der Waals surface area contributed by atoms with Crippen LogP contribution in [0.4, 0.5) is 10.7 Å². The summed E-state index contributed by atoms with van der Waals surface area (Å²) in [7, 11) is 0. The van der Waals surface area contributed by atoms with Crippen molar-refractivity contribution in [3.8, 4) is 16.9 Å². The highest BCUT2D eigenvalue weighted by Crippen LogP contribution is 2.23. The summed E-state index contributed by atoms with van der Waals surface area (Å²) in [6.45, 7) is 1.42. The van der Waals surface area contributed by atoms with E-state index in [0.717, 1.165) is 11.1 Å². The molecule has 6 nitrogen and oxygen atoms in total. The van der Waals surface area contributed by atoms with Crippen LogP contribution in [-0.4, -0.2) is 35.3 Å². The molecular weight excluding hydrogens is 390 g/mol. The average Bonchev–Trinajstić information content (AvgIpc) is 2.76. The van der Waals surface area contributed by atoms with Gasteiger partial charge < -0.3 is 14.4 Å². The van der Waals surface area contributed by atoms with E-state index in [0.29, 0.717) is 42.7 Å². The molecule has 1 aliphatic heterocycles. The first-order valence-corrected chi connectivity index (χ1v) is 9.81. The van der Waals surface area contributed by atoms with E-state index in [-0.39, 0.29) is 6.10 Å². The maximum atomic E-state index is 11.9. The van der Waals surface area contributed by atoms with Gasteiger partial charge in [0.15, 0.2) is 0 Å². The topological polar surface area (TPSA) is 64.6 Å². The maximum Gasteiger partial charge on any atom is 0.514 e. The number of aromatic nitrogens is 2. The van der Waals surface area contributed by atoms with Crippen molar-refractivity contribution in [2.75, 3.05) is 18.0 Å². The summed E-state index contributed by atoms with van der Waals surface area (Å²) in [4.78, 5) is 23.0. The molecule has 29 heavy (non-hydrogen) atoms. The highest BCUT2D eigenvalue weighted by Gasteiger charge is 2.24. The molecule has 0 bridgehead atoms. The van der Waals surface area contributed by atoms with Gasteiger partial charge in [-0.25, -0.2) is 14.8 Å². The van der Waals surface area contributed by atoms with E-state index < -0.39 is 6.16 Å². The lowest BCUT2D eigenvalue weighted by Crippen LogP contribution is -2.39. The van der Waals surface area contributed by atoms with Gasteiger partial charge >= 0.3 is 6.16 Å². The Morgan fingerprint density at radius 2 is 1.59 bits per heavy atom. The van der Waals surface area contributed by atoms with E-state index in [1.807, 2.05) is 42.7 Å². The zero-order chi connectivity index (χ0) is 20.1. The Bertz CT molecular complexity index is 941. The Morgan fingerprint density at radius 1 is 0.931 bits per heavy atom. The van der Waals surface area contributed by atoms with Crippen LogP contribution >= 0.6 is 11.6 Å². The monoisotopic (exact) mass is 409 g/mol. The number of nitrogens with zero attached hydrogens (tertiary/aromatic N) is 3. The Kier molecular flexibility index (Phi) is 5.91. The number of hydrogen-bond acceptors (Lipinski definition) is 6. The molecule has 0 saturated carbocycles. The number of hydrogen-bond donors (Lipinski definition) is 0. The van der Waals surface area contributed by atoms with Crippen molar-refractivity contribution in [3.05, 3.63) is 72.0 Å². The van der Waals surface area contributed by atoms with Crippen molar-refractivity contribution < 1.29 is 14.3 Å². The number of anilines is 1. The first-order chi connectivity index (χ1) is 14.2. The molecule has 148 valence electrons. The summed E-state index contributed by atoms with van der Waals surface area (Å²) in [6, 6.07) is 16.5. The average molecular weight is 410 g/mol. The van der Waals surface area contributed by atoms with Gasteiger partial charge in [-0.1, -0.05) is 41.9 Å². The van der Waals surface area contributed by atoms with E-state index in [9.17, 15) is 4.79 Å². The van der Waals surface area contributed by atoms with Crippen molar-refractivity contribution in [2.45, 2.75) is 18.9 Å². The van der Waals surface area contributed by atoms with Gasteiger partial charge in [0.25, 0.3) is 0 Å². The SMILES string of the molecule is O=C(Oc1ccccc1)OC1CCN(c2ncc(-c3ccc(Cl)cc3)cn2)CC1. The van der Waals surface area contributed by atoms with E-state index in [1.54, 1.807) is 24.3 Å². The summed E-state index contributed by atoms with van der Waals surface area (Å²) in [5.41, 5.74) is 1.96. The van der Waals surface area contributed by atoms with Gasteiger partial charge in [0.05, 0.1) is 0 Å². The molecule has 1 fully saturated rings. The standard InChI is InChI=1S/C22H20ClN3O3/c23-18-8-6-16(7-9-18)17-14-24-21(25-15-17)26-12-10-20(11-13-26)29-22(27)28-19-4-2-1-3-5-19/h1-9,14-15,20H,10-13H2. The number of carbonyl (C=O) groups excluding carboxylic acids is 1. The number of rotatable bonds is 4. The summed E-state index contributed by atoms with van der Waals surface area (Å²) in [6.07, 6.45) is 4.18. The van der Waals surface area contributed by atoms with Crippen LogP contribution in [-0.2, 0) is 4.74 Å². The second-order valence-corrected chi connectivity index (χ2v) is 7.18. The van der Waals surface area contributed by atoms with Crippen LogP contribution in [0, 0.1) is 0 Å². The minimum absolute atomic E-state index is 0.171. The smallest absolute Gasteiger partial charge is 0.431 e. The molecular formula is C22H20ClN3O3. The van der Waals surface area contributed by atoms with E-state index >= 15 is 0 Å². The third-order valence-electron chi connectivity index (χ3n) is 4.75. The zero-order valence-corrected chi connectivity index (χ0v) is 16.5. The molecule has 1 saturated heterocycles. The highest BCUT2D eigenvalue weighted by atomic mass is 35.5. The number of ether oxygens (including phenoxy) is 2. The summed E-state index contributed by atoms with van der Waals surface area (Å²) in [5, 5.41) is 0.698. The number of para-hydroxylation sites is 1. The van der Waals surface area contributed by atoms with Crippen LogP contribution in [0.15, 0.2) is 67.0 Å². The number of halogens is 1. The van der Waals surface area contributed by atoms with Crippen LogP contribution in [0.3, 0.4) is 0 Å². The molecule has 0 atom stereocenters. The molecule has 2 aromatic carbocycles. The van der Waals surface area contributed by atoms with Gasteiger partial charge in [0.2, 0.25) is 5.95 Å². The summed E-state index contributed by atoms with van der Waals surface area (Å²) >= 11 is 5.93. The lowest BCUT2D eigenvalue weighted by atomic mass is 10.1. The van der Waals surface area contributed by atoms with Crippen molar-refractivity contribution in [1.82, 2.24) is 9.97 Å². The number of carbonyl (C=O) groups is 1. The van der Waals surface area contributed by atoms with E-state index in [2.05, 4.69) is 14.9 Å². The third kappa shape index (κ3) is 5.03. The molecule has 3 aromatic rings. The molecule has 0 aliphatic carbocycles. The summed E-state index contributed by atoms with van der Waals surface area (Å²) < 4.78 is 10.6.